The Balaban J connectivity index is 2.65. The Morgan fingerprint density at radius 3 is 2.69 bits per heavy atom. The molecule has 1 aromatic carbocycles. The van der Waals surface area contributed by atoms with Crippen LogP contribution in [0.2, 0.25) is 0 Å². The SMILES string of the molecule is CCCOc1cccc(C(O)CC(C)C)c1. The molecule has 0 saturated carbocycles. The third-order valence-corrected chi connectivity index (χ3v) is 2.41. The molecule has 2 heteroatoms. The van der Waals surface area contributed by atoms with Crippen LogP contribution >= 0.6 is 0 Å². The zero-order valence-corrected chi connectivity index (χ0v) is 10.4. The van der Waals surface area contributed by atoms with Gasteiger partial charge in [0.2, 0.25) is 0 Å². The highest BCUT2D eigenvalue weighted by atomic mass is 16.5. The fraction of sp³-hybridized carbons (Fsp3) is 0.571. The summed E-state index contributed by atoms with van der Waals surface area (Å²) in [5.74, 6) is 1.34. The predicted molar refractivity (Wildman–Crippen MR) is 66.6 cm³/mol. The summed E-state index contributed by atoms with van der Waals surface area (Å²) in [4.78, 5) is 0. The van der Waals surface area contributed by atoms with Crippen LogP contribution in [0.3, 0.4) is 0 Å². The molecule has 90 valence electrons. The minimum Gasteiger partial charge on any atom is -0.494 e. The van der Waals surface area contributed by atoms with Gasteiger partial charge in [0.1, 0.15) is 5.75 Å². The first kappa shape index (κ1) is 13.0. The molecule has 0 fully saturated rings. The smallest absolute Gasteiger partial charge is 0.119 e. The van der Waals surface area contributed by atoms with Crippen LogP contribution in [-0.4, -0.2) is 11.7 Å². The van der Waals surface area contributed by atoms with Crippen LogP contribution in [0, 0.1) is 5.92 Å². The predicted octanol–water partition coefficient (Wildman–Crippen LogP) is 3.55. The minimum atomic E-state index is -0.384. The van der Waals surface area contributed by atoms with Crippen LogP contribution in [0.4, 0.5) is 0 Å². The van der Waals surface area contributed by atoms with Gasteiger partial charge in [0.05, 0.1) is 12.7 Å². The molecule has 0 aliphatic heterocycles. The highest BCUT2D eigenvalue weighted by Crippen LogP contribution is 2.24. The van der Waals surface area contributed by atoms with Crippen molar-refractivity contribution in [3.8, 4) is 5.75 Å². The normalized spacial score (nSPS) is 12.8. The van der Waals surface area contributed by atoms with Crippen LogP contribution < -0.4 is 4.74 Å². The molecular formula is C14H22O2. The summed E-state index contributed by atoms with van der Waals surface area (Å²) in [5, 5.41) is 9.99. The molecular weight excluding hydrogens is 200 g/mol. The van der Waals surface area contributed by atoms with E-state index in [9.17, 15) is 5.11 Å². The average molecular weight is 222 g/mol. The van der Waals surface area contributed by atoms with Crippen LogP contribution in [0.5, 0.6) is 5.75 Å². The third-order valence-electron chi connectivity index (χ3n) is 2.41. The zero-order chi connectivity index (χ0) is 12.0. The van der Waals surface area contributed by atoms with Crippen molar-refractivity contribution in [3.05, 3.63) is 29.8 Å². The number of rotatable bonds is 6. The van der Waals surface area contributed by atoms with E-state index in [4.69, 9.17) is 4.74 Å². The van der Waals surface area contributed by atoms with Gasteiger partial charge in [-0.15, -0.1) is 0 Å². The molecule has 0 heterocycles. The number of benzene rings is 1. The van der Waals surface area contributed by atoms with Crippen LogP contribution in [0.25, 0.3) is 0 Å². The van der Waals surface area contributed by atoms with Crippen molar-refractivity contribution in [1.82, 2.24) is 0 Å². The van der Waals surface area contributed by atoms with E-state index in [0.717, 1.165) is 30.8 Å². The Morgan fingerprint density at radius 2 is 2.06 bits per heavy atom. The lowest BCUT2D eigenvalue weighted by Gasteiger charge is -2.14. The van der Waals surface area contributed by atoms with Gasteiger partial charge in [-0.05, 0) is 36.5 Å². The Bertz CT molecular complexity index is 307. The highest BCUT2D eigenvalue weighted by molar-refractivity contribution is 5.29. The quantitative estimate of drug-likeness (QED) is 0.797. The number of hydrogen-bond acceptors (Lipinski definition) is 2. The molecule has 0 spiro atoms. The molecule has 0 amide bonds. The monoisotopic (exact) mass is 222 g/mol. The van der Waals surface area contributed by atoms with Gasteiger partial charge >= 0.3 is 0 Å². The summed E-state index contributed by atoms with van der Waals surface area (Å²) in [6, 6.07) is 7.75. The van der Waals surface area contributed by atoms with E-state index in [2.05, 4.69) is 20.8 Å². The van der Waals surface area contributed by atoms with Crippen molar-refractivity contribution < 1.29 is 9.84 Å². The van der Waals surface area contributed by atoms with Gasteiger partial charge in [0.15, 0.2) is 0 Å². The van der Waals surface area contributed by atoms with E-state index in [1.165, 1.54) is 0 Å². The van der Waals surface area contributed by atoms with Gasteiger partial charge in [-0.1, -0.05) is 32.9 Å². The van der Waals surface area contributed by atoms with Crippen molar-refractivity contribution in [3.63, 3.8) is 0 Å². The Hall–Kier alpha value is -1.02. The Labute approximate surface area is 98.3 Å². The van der Waals surface area contributed by atoms with Crippen molar-refractivity contribution in [2.24, 2.45) is 5.92 Å². The molecule has 0 aliphatic rings. The van der Waals surface area contributed by atoms with Gasteiger partial charge in [-0.2, -0.15) is 0 Å². The fourth-order valence-electron chi connectivity index (χ4n) is 1.61. The molecule has 1 N–H and O–H groups in total. The van der Waals surface area contributed by atoms with Gasteiger partial charge in [-0.25, -0.2) is 0 Å². The summed E-state index contributed by atoms with van der Waals surface area (Å²) >= 11 is 0. The van der Waals surface area contributed by atoms with Crippen molar-refractivity contribution in [2.45, 2.75) is 39.7 Å². The average Bonchev–Trinajstić information content (AvgIpc) is 2.26. The summed E-state index contributed by atoms with van der Waals surface area (Å²) in [6.45, 7) is 7.03. The van der Waals surface area contributed by atoms with Crippen LogP contribution in [0.1, 0.15) is 45.3 Å². The van der Waals surface area contributed by atoms with Crippen LogP contribution in [0.15, 0.2) is 24.3 Å². The molecule has 1 rings (SSSR count). The summed E-state index contributed by atoms with van der Waals surface area (Å²) in [7, 11) is 0. The minimum absolute atomic E-state index is 0.384. The van der Waals surface area contributed by atoms with Crippen molar-refractivity contribution >= 4 is 0 Å². The largest absolute Gasteiger partial charge is 0.494 e. The molecule has 0 saturated heterocycles. The van der Waals surface area contributed by atoms with E-state index in [1.807, 2.05) is 24.3 Å². The van der Waals surface area contributed by atoms with Crippen molar-refractivity contribution in [1.29, 1.82) is 0 Å². The maximum absolute atomic E-state index is 9.99. The first-order valence-electron chi connectivity index (χ1n) is 6.04. The number of ether oxygens (including phenoxy) is 1. The maximum atomic E-state index is 9.99. The fourth-order valence-corrected chi connectivity index (χ4v) is 1.61. The first-order chi connectivity index (χ1) is 7.63. The molecule has 1 aromatic rings. The zero-order valence-electron chi connectivity index (χ0n) is 10.4. The lowest BCUT2D eigenvalue weighted by molar-refractivity contribution is 0.150. The Morgan fingerprint density at radius 1 is 1.31 bits per heavy atom. The van der Waals surface area contributed by atoms with Gasteiger partial charge in [0.25, 0.3) is 0 Å². The van der Waals surface area contributed by atoms with Crippen LogP contribution in [-0.2, 0) is 0 Å². The molecule has 2 nitrogen and oxygen atoms in total. The maximum Gasteiger partial charge on any atom is 0.119 e. The summed E-state index contributed by atoms with van der Waals surface area (Å²) < 4.78 is 5.54. The molecule has 0 bridgehead atoms. The molecule has 1 atom stereocenters. The van der Waals surface area contributed by atoms with Gasteiger partial charge < -0.3 is 9.84 Å². The molecule has 0 aromatic heterocycles. The molecule has 1 unspecified atom stereocenters. The molecule has 0 aliphatic carbocycles. The second-order valence-electron chi connectivity index (χ2n) is 4.57. The lowest BCUT2D eigenvalue weighted by Crippen LogP contribution is -2.02. The second kappa shape index (κ2) is 6.54. The van der Waals surface area contributed by atoms with E-state index in [1.54, 1.807) is 0 Å². The number of aliphatic hydroxyl groups is 1. The van der Waals surface area contributed by atoms with Crippen molar-refractivity contribution in [2.75, 3.05) is 6.61 Å². The van der Waals surface area contributed by atoms with Gasteiger partial charge in [-0.3, -0.25) is 0 Å². The first-order valence-corrected chi connectivity index (χ1v) is 6.04. The van der Waals surface area contributed by atoms with E-state index < -0.39 is 0 Å². The number of hydrogen-bond donors (Lipinski definition) is 1. The highest BCUT2D eigenvalue weighted by Gasteiger charge is 2.10. The molecule has 16 heavy (non-hydrogen) atoms. The lowest BCUT2D eigenvalue weighted by atomic mass is 9.99. The second-order valence-corrected chi connectivity index (χ2v) is 4.57. The number of aliphatic hydroxyl groups excluding tert-OH is 1. The molecule has 0 radical (unpaired) electrons. The standard InChI is InChI=1S/C14H22O2/c1-4-8-16-13-7-5-6-12(10-13)14(15)9-11(2)3/h5-7,10-11,14-15H,4,8-9H2,1-3H3. The third kappa shape index (κ3) is 4.23. The summed E-state index contributed by atoms with van der Waals surface area (Å²) in [6.07, 6.45) is 1.40. The topological polar surface area (TPSA) is 29.5 Å². The van der Waals surface area contributed by atoms with E-state index in [0.29, 0.717) is 5.92 Å². The van der Waals surface area contributed by atoms with E-state index in [-0.39, 0.29) is 6.10 Å². The van der Waals surface area contributed by atoms with Gasteiger partial charge in [0, 0.05) is 0 Å². The van der Waals surface area contributed by atoms with E-state index >= 15 is 0 Å². The summed E-state index contributed by atoms with van der Waals surface area (Å²) in [5.41, 5.74) is 0.947. The Kier molecular flexibility index (Phi) is 5.33.